The van der Waals surface area contributed by atoms with Crippen LogP contribution in [-0.4, -0.2) is 63.0 Å². The summed E-state index contributed by atoms with van der Waals surface area (Å²) in [6, 6.07) is 10.6. The minimum atomic E-state index is -1.82. The molecule has 0 fully saturated rings. The standard InChI is InChI=1S/C30H48O6SSi.C19H32O5Si.C11H16OS/c1-9-10-11-12-15-22-16-17-25(37-22)27(32)21(3)28(33)26-23(31)19-24(36-29(26)34)20(2)14-13-18-35-38(7,8)30(4,5)6;1-8-14(20)17-15(21)12-16(24-18(17)22)13(2)10-9-11-23-25(6,7)19(3,4)5;1-2-3-4-5-6-10-7-8-11(9-12)13-10/h16-17,19-21,27,31-32H,9-15,18H2,1-8H3;12-13,21H,8-11H2,1-7H3;7-9H,2-6H2,1H3. The lowest BCUT2D eigenvalue weighted by Gasteiger charge is -2.36. The molecular weight excluding hydrogens is 1030 g/mol. The maximum atomic E-state index is 13.1. The van der Waals surface area contributed by atoms with Crippen molar-refractivity contribution >= 4 is 57.2 Å². The van der Waals surface area contributed by atoms with Crippen molar-refractivity contribution in [3.63, 3.8) is 0 Å². The fourth-order valence-corrected chi connectivity index (χ4v) is 11.8. The quantitative estimate of drug-likeness (QED) is 0.0202. The fourth-order valence-electron chi connectivity index (χ4n) is 7.64. The zero-order valence-corrected chi connectivity index (χ0v) is 52.8. The van der Waals surface area contributed by atoms with Crippen molar-refractivity contribution in [1.29, 1.82) is 0 Å². The number of hydrogen-bond donors (Lipinski definition) is 3. The third-order valence-electron chi connectivity index (χ3n) is 15.0. The Labute approximate surface area is 465 Å². The Balaban J connectivity index is 0.000000442. The maximum Gasteiger partial charge on any atom is 0.350 e. The van der Waals surface area contributed by atoms with Gasteiger partial charge >= 0.3 is 11.3 Å². The van der Waals surface area contributed by atoms with E-state index >= 15 is 0 Å². The number of aromatic hydroxyl groups is 2. The summed E-state index contributed by atoms with van der Waals surface area (Å²) in [5.74, 6) is -2.02. The van der Waals surface area contributed by atoms with Crippen LogP contribution in [-0.2, 0) is 21.7 Å². The van der Waals surface area contributed by atoms with E-state index in [1.54, 1.807) is 25.2 Å². The largest absolute Gasteiger partial charge is 0.507 e. The van der Waals surface area contributed by atoms with Crippen LogP contribution in [0.1, 0.15) is 241 Å². The molecular formula is C60H96O12S2Si2. The number of aliphatic hydroxyl groups is 1. The normalized spacial score (nSPS) is 13.7. The number of Topliss-reactive ketones (excluding diaryl/α,β-unsaturated/α-hetero) is 2. The molecule has 0 spiro atoms. The molecule has 0 aliphatic rings. The lowest BCUT2D eigenvalue weighted by Crippen LogP contribution is -2.41. The highest BCUT2D eigenvalue weighted by atomic mass is 32.1. The number of carbonyl (C=O) groups is 3. The molecule has 4 atom stereocenters. The molecule has 76 heavy (non-hydrogen) atoms. The summed E-state index contributed by atoms with van der Waals surface area (Å²) in [5.41, 5.74) is -2.27. The molecule has 12 nitrogen and oxygen atoms in total. The second-order valence-corrected chi connectivity index (χ2v) is 35.4. The van der Waals surface area contributed by atoms with E-state index < -0.39 is 62.8 Å². The van der Waals surface area contributed by atoms with E-state index in [4.69, 9.17) is 17.7 Å². The molecule has 4 aromatic heterocycles. The van der Waals surface area contributed by atoms with Gasteiger partial charge in [-0.25, -0.2) is 9.59 Å². The summed E-state index contributed by atoms with van der Waals surface area (Å²) in [6.07, 6.45) is 15.1. The highest BCUT2D eigenvalue weighted by Crippen LogP contribution is 2.39. The summed E-state index contributed by atoms with van der Waals surface area (Å²) < 4.78 is 23.1. The molecule has 4 unspecified atom stereocenters. The van der Waals surface area contributed by atoms with Gasteiger partial charge in [0.1, 0.15) is 34.1 Å². The van der Waals surface area contributed by atoms with Crippen LogP contribution in [0.4, 0.5) is 0 Å². The Morgan fingerprint density at radius 3 is 1.47 bits per heavy atom. The molecule has 0 radical (unpaired) electrons. The molecule has 0 amide bonds. The highest BCUT2D eigenvalue weighted by Gasteiger charge is 2.38. The van der Waals surface area contributed by atoms with Gasteiger partial charge in [0.15, 0.2) is 34.5 Å². The Morgan fingerprint density at radius 1 is 0.645 bits per heavy atom. The van der Waals surface area contributed by atoms with Crippen molar-refractivity contribution in [3.8, 4) is 11.5 Å². The lowest BCUT2D eigenvalue weighted by atomic mass is 9.93. The van der Waals surface area contributed by atoms with E-state index in [1.165, 1.54) is 78.2 Å². The van der Waals surface area contributed by atoms with Crippen molar-refractivity contribution in [2.75, 3.05) is 13.2 Å². The average molecular weight is 1130 g/mol. The molecule has 0 aliphatic carbocycles. The summed E-state index contributed by atoms with van der Waals surface area (Å²) in [6.45, 7) is 34.9. The van der Waals surface area contributed by atoms with Gasteiger partial charge in [-0.3, -0.25) is 14.4 Å². The monoisotopic (exact) mass is 1130 g/mol. The van der Waals surface area contributed by atoms with E-state index in [9.17, 15) is 39.3 Å². The fraction of sp³-hybridized carbons (Fsp3) is 0.650. The molecule has 0 aliphatic heterocycles. The third-order valence-corrected chi connectivity index (χ3v) is 26.4. The highest BCUT2D eigenvalue weighted by molar-refractivity contribution is 7.13. The van der Waals surface area contributed by atoms with Crippen molar-refractivity contribution < 1.29 is 47.4 Å². The van der Waals surface area contributed by atoms with Crippen LogP contribution in [0, 0.1) is 5.92 Å². The molecule has 0 saturated carbocycles. The minimum Gasteiger partial charge on any atom is -0.507 e. The second-order valence-electron chi connectivity index (χ2n) is 23.4. The number of rotatable bonds is 29. The predicted molar refractivity (Wildman–Crippen MR) is 318 cm³/mol. The Morgan fingerprint density at radius 2 is 1.08 bits per heavy atom. The molecule has 3 N–H and O–H groups in total. The van der Waals surface area contributed by atoms with E-state index in [0.717, 1.165) is 56.1 Å². The number of ketones is 2. The van der Waals surface area contributed by atoms with E-state index in [2.05, 4.69) is 87.6 Å². The Bertz CT molecular complexity index is 2500. The number of carbonyl (C=O) groups excluding carboxylic acids is 3. The summed E-state index contributed by atoms with van der Waals surface area (Å²) >= 11 is 3.12. The van der Waals surface area contributed by atoms with Gasteiger partial charge in [0.25, 0.3) is 0 Å². The van der Waals surface area contributed by atoms with Crippen LogP contribution in [0.3, 0.4) is 0 Å². The molecule has 0 aromatic carbocycles. The van der Waals surface area contributed by atoms with Crippen molar-refractivity contribution in [3.05, 3.63) is 99.4 Å². The molecule has 428 valence electrons. The summed E-state index contributed by atoms with van der Waals surface area (Å²) in [4.78, 5) is 64.0. The number of aliphatic hydroxyl groups excluding tert-OH is 1. The maximum absolute atomic E-state index is 13.1. The molecule has 4 aromatic rings. The van der Waals surface area contributed by atoms with Gasteiger partial charge in [-0.15, -0.1) is 22.7 Å². The second kappa shape index (κ2) is 32.3. The van der Waals surface area contributed by atoms with Gasteiger partial charge < -0.3 is 33.0 Å². The van der Waals surface area contributed by atoms with Crippen molar-refractivity contribution in [2.45, 2.75) is 234 Å². The Hall–Kier alpha value is -3.78. The van der Waals surface area contributed by atoms with Gasteiger partial charge in [0.05, 0.1) is 16.9 Å². The van der Waals surface area contributed by atoms with Crippen LogP contribution in [0.2, 0.25) is 36.3 Å². The van der Waals surface area contributed by atoms with Crippen LogP contribution >= 0.6 is 22.7 Å². The summed E-state index contributed by atoms with van der Waals surface area (Å²) in [7, 11) is -3.57. The number of hydrogen-bond acceptors (Lipinski definition) is 14. The van der Waals surface area contributed by atoms with E-state index in [1.807, 2.05) is 32.0 Å². The number of aryl methyl sites for hydroxylation is 2. The zero-order valence-electron chi connectivity index (χ0n) is 49.2. The smallest absolute Gasteiger partial charge is 0.350 e. The third kappa shape index (κ3) is 21.8. The van der Waals surface area contributed by atoms with Crippen LogP contribution in [0.25, 0.3) is 0 Å². The first-order chi connectivity index (χ1) is 35.5. The van der Waals surface area contributed by atoms with Gasteiger partial charge in [0.2, 0.25) is 0 Å². The van der Waals surface area contributed by atoms with Crippen LogP contribution in [0.15, 0.2) is 54.8 Å². The average Bonchev–Trinajstić information content (AvgIpc) is 4.03. The van der Waals surface area contributed by atoms with Crippen molar-refractivity contribution in [1.82, 2.24) is 0 Å². The topological polar surface area (TPSA) is 191 Å². The number of unbranched alkanes of at least 4 members (excludes halogenated alkanes) is 6. The number of aldehydes is 1. The minimum absolute atomic E-state index is 0.0348. The van der Waals surface area contributed by atoms with Crippen LogP contribution < -0.4 is 11.3 Å². The summed E-state index contributed by atoms with van der Waals surface area (Å²) in [5, 5.41) is 31.8. The van der Waals surface area contributed by atoms with Gasteiger partial charge in [0, 0.05) is 58.2 Å². The lowest BCUT2D eigenvalue weighted by molar-refractivity contribution is 0.0715. The molecule has 4 rings (SSSR count). The van der Waals surface area contributed by atoms with Gasteiger partial charge in [-0.2, -0.15) is 0 Å². The molecule has 0 saturated heterocycles. The van der Waals surface area contributed by atoms with E-state index in [-0.39, 0.29) is 39.6 Å². The molecule has 0 bridgehead atoms. The van der Waals surface area contributed by atoms with Gasteiger partial charge in [-0.1, -0.05) is 122 Å². The predicted octanol–water partition coefficient (Wildman–Crippen LogP) is 16.5. The Kier molecular flexibility index (Phi) is 29.1. The van der Waals surface area contributed by atoms with E-state index in [0.29, 0.717) is 29.6 Å². The SMILES string of the molecule is CCC(=O)c1c(O)cc(C(C)CCCO[Si](C)(C)C(C)(C)C)oc1=O.CCCCCCc1ccc(C(O)C(C)C(=O)c2c(O)cc(C(C)CCCO[Si](C)(C)C(C)(C)C)oc2=O)s1.CCCCCCc1ccc(C=O)s1. The van der Waals surface area contributed by atoms with Gasteiger partial charge in [-0.05, 0) is 112 Å². The number of thiophene rings is 2. The van der Waals surface area contributed by atoms with Crippen molar-refractivity contribution in [2.24, 2.45) is 5.92 Å². The van der Waals surface area contributed by atoms with Crippen LogP contribution in [0.5, 0.6) is 11.5 Å². The molecule has 16 heteroatoms. The first kappa shape index (κ1) is 68.3. The first-order valence-electron chi connectivity index (χ1n) is 27.9. The zero-order chi connectivity index (χ0) is 57.6. The molecule has 4 heterocycles. The first-order valence-corrected chi connectivity index (χ1v) is 35.3.